The maximum atomic E-state index is 11.3. The second-order valence-corrected chi connectivity index (χ2v) is 3.22. The summed E-state index contributed by atoms with van der Waals surface area (Å²) in [5.74, 6) is -0.962. The van der Waals surface area contributed by atoms with Gasteiger partial charge in [-0.3, -0.25) is 4.79 Å². The van der Waals surface area contributed by atoms with Gasteiger partial charge in [0.15, 0.2) is 0 Å². The third kappa shape index (κ3) is 4.36. The maximum absolute atomic E-state index is 11.3. The van der Waals surface area contributed by atoms with Gasteiger partial charge in [-0.05, 0) is 6.92 Å². The molecule has 1 atom stereocenters. The standard InChI is InChI=1S/C9H12N4O3/c1-6(2-8(14)15)12-9(16)13-7-3-10-5-11-4-7/h3-6H,2H2,1H3,(H,14,15)(H2,12,13,16). The fourth-order valence-electron chi connectivity index (χ4n) is 1.07. The van der Waals surface area contributed by atoms with E-state index in [1.54, 1.807) is 6.92 Å². The Labute approximate surface area is 91.9 Å². The fraction of sp³-hybridized carbons (Fsp3) is 0.333. The number of carboxylic acid groups (broad SMARTS) is 1. The predicted octanol–water partition coefficient (Wildman–Crippen LogP) is 0.461. The van der Waals surface area contributed by atoms with Crippen molar-refractivity contribution in [3.8, 4) is 0 Å². The molecule has 1 heterocycles. The molecule has 7 heteroatoms. The zero-order chi connectivity index (χ0) is 12.0. The minimum absolute atomic E-state index is 0.126. The van der Waals surface area contributed by atoms with E-state index < -0.39 is 18.0 Å². The summed E-state index contributed by atoms with van der Waals surface area (Å²) in [6.45, 7) is 1.61. The molecule has 0 radical (unpaired) electrons. The second-order valence-electron chi connectivity index (χ2n) is 3.22. The molecule has 0 aliphatic heterocycles. The number of hydrogen-bond acceptors (Lipinski definition) is 4. The van der Waals surface area contributed by atoms with Gasteiger partial charge in [0.05, 0.1) is 24.5 Å². The van der Waals surface area contributed by atoms with E-state index in [2.05, 4.69) is 20.6 Å². The van der Waals surface area contributed by atoms with E-state index in [0.29, 0.717) is 5.69 Å². The van der Waals surface area contributed by atoms with Gasteiger partial charge in [-0.25, -0.2) is 14.8 Å². The highest BCUT2D eigenvalue weighted by Crippen LogP contribution is 2.00. The Hall–Kier alpha value is -2.18. The summed E-state index contributed by atoms with van der Waals surface area (Å²) in [7, 11) is 0. The summed E-state index contributed by atoms with van der Waals surface area (Å²) in [6.07, 6.45) is 4.09. The minimum atomic E-state index is -0.962. The molecule has 7 nitrogen and oxygen atoms in total. The number of carbonyl (C=O) groups is 2. The number of carboxylic acids is 1. The molecule has 0 fully saturated rings. The average Bonchev–Trinajstić information content (AvgIpc) is 2.17. The van der Waals surface area contributed by atoms with Gasteiger partial charge in [0, 0.05) is 6.04 Å². The van der Waals surface area contributed by atoms with Crippen LogP contribution >= 0.6 is 0 Å². The van der Waals surface area contributed by atoms with Crippen LogP contribution in [0.1, 0.15) is 13.3 Å². The second kappa shape index (κ2) is 5.64. The molecule has 0 aromatic carbocycles. The largest absolute Gasteiger partial charge is 0.481 e. The Morgan fingerprint density at radius 2 is 2.06 bits per heavy atom. The highest BCUT2D eigenvalue weighted by Gasteiger charge is 2.10. The van der Waals surface area contributed by atoms with Gasteiger partial charge in [0.25, 0.3) is 0 Å². The number of anilines is 1. The van der Waals surface area contributed by atoms with Crippen molar-refractivity contribution >= 4 is 17.7 Å². The van der Waals surface area contributed by atoms with Gasteiger partial charge in [-0.2, -0.15) is 0 Å². The molecule has 0 bridgehead atoms. The molecule has 0 spiro atoms. The van der Waals surface area contributed by atoms with Crippen LogP contribution in [0.25, 0.3) is 0 Å². The number of nitrogens with one attached hydrogen (secondary N) is 2. The van der Waals surface area contributed by atoms with Crippen molar-refractivity contribution in [2.45, 2.75) is 19.4 Å². The van der Waals surface area contributed by atoms with Gasteiger partial charge in [-0.1, -0.05) is 0 Å². The Balaban J connectivity index is 2.39. The van der Waals surface area contributed by atoms with Crippen LogP contribution in [-0.4, -0.2) is 33.1 Å². The van der Waals surface area contributed by atoms with Crippen LogP contribution in [0, 0.1) is 0 Å². The highest BCUT2D eigenvalue weighted by molar-refractivity contribution is 5.89. The van der Waals surface area contributed by atoms with Crippen molar-refractivity contribution in [3.05, 3.63) is 18.7 Å². The fourth-order valence-corrected chi connectivity index (χ4v) is 1.07. The Morgan fingerprint density at radius 1 is 1.44 bits per heavy atom. The molecule has 0 saturated carbocycles. The number of aromatic nitrogens is 2. The van der Waals surface area contributed by atoms with E-state index >= 15 is 0 Å². The SMILES string of the molecule is CC(CC(=O)O)NC(=O)Nc1cncnc1. The average molecular weight is 224 g/mol. The minimum Gasteiger partial charge on any atom is -0.481 e. The lowest BCUT2D eigenvalue weighted by molar-refractivity contribution is -0.137. The van der Waals surface area contributed by atoms with Crippen LogP contribution in [0.3, 0.4) is 0 Å². The summed E-state index contributed by atoms with van der Waals surface area (Å²) in [5.41, 5.74) is 0.447. The molecule has 86 valence electrons. The van der Waals surface area contributed by atoms with Crippen molar-refractivity contribution in [1.29, 1.82) is 0 Å². The van der Waals surface area contributed by atoms with Crippen LogP contribution in [0.2, 0.25) is 0 Å². The maximum Gasteiger partial charge on any atom is 0.319 e. The van der Waals surface area contributed by atoms with Crippen molar-refractivity contribution in [2.24, 2.45) is 0 Å². The number of nitrogens with zero attached hydrogens (tertiary/aromatic N) is 2. The Bertz CT molecular complexity index is 368. The molecule has 3 N–H and O–H groups in total. The van der Waals surface area contributed by atoms with Gasteiger partial charge >= 0.3 is 12.0 Å². The topological polar surface area (TPSA) is 104 Å². The summed E-state index contributed by atoms with van der Waals surface area (Å²) in [4.78, 5) is 29.1. The van der Waals surface area contributed by atoms with Gasteiger partial charge < -0.3 is 15.7 Å². The quantitative estimate of drug-likeness (QED) is 0.689. The summed E-state index contributed by atoms with van der Waals surface area (Å²) >= 11 is 0. The first-order valence-corrected chi connectivity index (χ1v) is 4.62. The smallest absolute Gasteiger partial charge is 0.319 e. The third-order valence-electron chi connectivity index (χ3n) is 1.68. The van der Waals surface area contributed by atoms with E-state index in [4.69, 9.17) is 5.11 Å². The van der Waals surface area contributed by atoms with E-state index in [-0.39, 0.29) is 6.42 Å². The predicted molar refractivity (Wildman–Crippen MR) is 55.9 cm³/mol. The molecule has 1 unspecified atom stereocenters. The normalized spacial score (nSPS) is 11.6. The Morgan fingerprint density at radius 3 is 2.62 bits per heavy atom. The molecule has 0 aliphatic rings. The molecule has 0 saturated heterocycles. The van der Waals surface area contributed by atoms with Gasteiger partial charge in [0.2, 0.25) is 0 Å². The first-order chi connectivity index (χ1) is 7.58. The van der Waals surface area contributed by atoms with Crippen LogP contribution in [0.4, 0.5) is 10.5 Å². The molecule has 0 aliphatic carbocycles. The lowest BCUT2D eigenvalue weighted by atomic mass is 10.2. The first-order valence-electron chi connectivity index (χ1n) is 4.62. The first kappa shape index (κ1) is 11.9. The number of carbonyl (C=O) groups excluding carboxylic acids is 1. The van der Waals surface area contributed by atoms with Crippen LogP contribution < -0.4 is 10.6 Å². The molecule has 1 rings (SSSR count). The molecule has 1 aromatic heterocycles. The zero-order valence-electron chi connectivity index (χ0n) is 8.67. The number of rotatable bonds is 4. The van der Waals surface area contributed by atoms with Gasteiger partial charge in [0.1, 0.15) is 6.33 Å². The number of amides is 2. The number of hydrogen-bond donors (Lipinski definition) is 3. The molecular formula is C9H12N4O3. The summed E-state index contributed by atoms with van der Waals surface area (Å²) < 4.78 is 0. The lowest BCUT2D eigenvalue weighted by Gasteiger charge is -2.11. The van der Waals surface area contributed by atoms with E-state index in [1.165, 1.54) is 18.7 Å². The lowest BCUT2D eigenvalue weighted by Crippen LogP contribution is -2.37. The number of urea groups is 1. The monoisotopic (exact) mass is 224 g/mol. The highest BCUT2D eigenvalue weighted by atomic mass is 16.4. The van der Waals surface area contributed by atoms with Crippen molar-refractivity contribution in [1.82, 2.24) is 15.3 Å². The third-order valence-corrected chi connectivity index (χ3v) is 1.68. The summed E-state index contributed by atoms with van der Waals surface area (Å²) in [6, 6.07) is -0.925. The van der Waals surface area contributed by atoms with Crippen LogP contribution in [-0.2, 0) is 4.79 Å². The van der Waals surface area contributed by atoms with Crippen molar-refractivity contribution in [2.75, 3.05) is 5.32 Å². The van der Waals surface area contributed by atoms with E-state index in [0.717, 1.165) is 0 Å². The van der Waals surface area contributed by atoms with Crippen LogP contribution in [0.15, 0.2) is 18.7 Å². The molecule has 1 aromatic rings. The van der Waals surface area contributed by atoms with E-state index in [1.807, 2.05) is 0 Å². The van der Waals surface area contributed by atoms with Crippen molar-refractivity contribution < 1.29 is 14.7 Å². The molecule has 2 amide bonds. The van der Waals surface area contributed by atoms with E-state index in [9.17, 15) is 9.59 Å². The van der Waals surface area contributed by atoms with Crippen LogP contribution in [0.5, 0.6) is 0 Å². The number of aliphatic carboxylic acids is 1. The Kier molecular flexibility index (Phi) is 4.19. The van der Waals surface area contributed by atoms with Crippen molar-refractivity contribution in [3.63, 3.8) is 0 Å². The molecule has 16 heavy (non-hydrogen) atoms. The van der Waals surface area contributed by atoms with Gasteiger partial charge in [-0.15, -0.1) is 0 Å². The zero-order valence-corrected chi connectivity index (χ0v) is 8.67. The summed E-state index contributed by atoms with van der Waals surface area (Å²) in [5, 5.41) is 13.4. The molecular weight excluding hydrogens is 212 g/mol.